The SMILES string of the molecule is COc1cc(-c2ccc3c(O)n(-c4cnn(CC5CCN(C(=O)OC(C)(C)C)CC5)c4)cc3n2)cnc1OC. The van der Waals surface area contributed by atoms with Crippen molar-refractivity contribution in [3.05, 3.63) is 43.0 Å². The third-order valence-electron chi connectivity index (χ3n) is 6.78. The molecule has 0 spiro atoms. The second kappa shape index (κ2) is 10.5. The van der Waals surface area contributed by atoms with Crippen molar-refractivity contribution in [1.82, 2.24) is 29.2 Å². The zero-order chi connectivity index (χ0) is 27.7. The van der Waals surface area contributed by atoms with Crippen LogP contribution in [-0.4, -0.2) is 73.3 Å². The van der Waals surface area contributed by atoms with E-state index < -0.39 is 5.60 Å². The van der Waals surface area contributed by atoms with Crippen LogP contribution < -0.4 is 9.47 Å². The molecule has 0 radical (unpaired) electrons. The maximum absolute atomic E-state index is 12.3. The van der Waals surface area contributed by atoms with E-state index in [-0.39, 0.29) is 12.0 Å². The molecule has 39 heavy (non-hydrogen) atoms. The molecule has 11 nitrogen and oxygen atoms in total. The fourth-order valence-corrected chi connectivity index (χ4v) is 4.77. The number of rotatable bonds is 6. The summed E-state index contributed by atoms with van der Waals surface area (Å²) in [6, 6.07) is 5.49. The van der Waals surface area contributed by atoms with Crippen LogP contribution in [0.5, 0.6) is 17.5 Å². The highest BCUT2D eigenvalue weighted by Gasteiger charge is 2.27. The number of pyridine rings is 2. The minimum atomic E-state index is -0.494. The number of hydrogen-bond acceptors (Lipinski definition) is 8. The number of aromatic hydroxyl groups is 1. The van der Waals surface area contributed by atoms with Gasteiger partial charge in [-0.05, 0) is 57.7 Å². The highest BCUT2D eigenvalue weighted by atomic mass is 16.6. The molecule has 1 aliphatic heterocycles. The van der Waals surface area contributed by atoms with Crippen LogP contribution in [0.3, 0.4) is 0 Å². The van der Waals surface area contributed by atoms with Crippen molar-refractivity contribution in [3.8, 4) is 34.5 Å². The topological polar surface area (TPSA) is 117 Å². The smallest absolute Gasteiger partial charge is 0.410 e. The molecule has 4 aromatic rings. The number of aromatic nitrogens is 5. The Morgan fingerprint density at radius 3 is 2.56 bits per heavy atom. The molecule has 4 aromatic heterocycles. The van der Waals surface area contributed by atoms with E-state index in [1.54, 1.807) is 35.2 Å². The van der Waals surface area contributed by atoms with Gasteiger partial charge in [-0.3, -0.25) is 9.25 Å². The van der Waals surface area contributed by atoms with E-state index in [1.807, 2.05) is 49.8 Å². The first-order valence-electron chi connectivity index (χ1n) is 13.0. The van der Waals surface area contributed by atoms with Crippen LogP contribution in [0.4, 0.5) is 4.79 Å². The zero-order valence-electron chi connectivity index (χ0n) is 22.9. The number of fused-ring (bicyclic) bond motifs is 1. The molecule has 0 aliphatic carbocycles. The van der Waals surface area contributed by atoms with Crippen LogP contribution in [0.2, 0.25) is 0 Å². The van der Waals surface area contributed by atoms with E-state index in [1.165, 1.54) is 7.11 Å². The second-order valence-corrected chi connectivity index (χ2v) is 10.7. The summed E-state index contributed by atoms with van der Waals surface area (Å²) in [7, 11) is 3.10. The summed E-state index contributed by atoms with van der Waals surface area (Å²) >= 11 is 0. The van der Waals surface area contributed by atoms with Gasteiger partial charge in [-0.2, -0.15) is 5.10 Å². The molecule has 0 bridgehead atoms. The maximum Gasteiger partial charge on any atom is 0.410 e. The number of likely N-dealkylation sites (tertiary alicyclic amines) is 1. The Kier molecular flexibility index (Phi) is 7.07. The number of nitrogens with zero attached hydrogens (tertiary/aromatic N) is 6. The number of ether oxygens (including phenoxy) is 3. The first kappa shape index (κ1) is 26.3. The van der Waals surface area contributed by atoms with Gasteiger partial charge < -0.3 is 24.2 Å². The van der Waals surface area contributed by atoms with Crippen LogP contribution in [0.25, 0.3) is 27.8 Å². The summed E-state index contributed by atoms with van der Waals surface area (Å²) in [5, 5.41) is 16.1. The largest absolute Gasteiger partial charge is 0.494 e. The van der Waals surface area contributed by atoms with E-state index in [0.717, 1.165) is 30.6 Å². The molecule has 0 atom stereocenters. The van der Waals surface area contributed by atoms with Crippen molar-refractivity contribution in [3.63, 3.8) is 0 Å². The average Bonchev–Trinajstić information content (AvgIpc) is 3.51. The maximum atomic E-state index is 12.3. The molecule has 0 unspecified atom stereocenters. The lowest BCUT2D eigenvalue weighted by atomic mass is 9.97. The van der Waals surface area contributed by atoms with Crippen molar-refractivity contribution in [2.45, 2.75) is 45.8 Å². The number of amides is 1. The summed E-state index contributed by atoms with van der Waals surface area (Å²) < 4.78 is 19.7. The van der Waals surface area contributed by atoms with E-state index >= 15 is 0 Å². The predicted octanol–water partition coefficient (Wildman–Crippen LogP) is 4.65. The number of piperidine rings is 1. The third-order valence-corrected chi connectivity index (χ3v) is 6.78. The molecule has 1 saturated heterocycles. The van der Waals surface area contributed by atoms with Gasteiger partial charge in [0.1, 0.15) is 5.60 Å². The molecule has 1 fully saturated rings. The van der Waals surface area contributed by atoms with Crippen LogP contribution in [-0.2, 0) is 11.3 Å². The number of carbonyl (C=O) groups excluding carboxylic acids is 1. The quantitative estimate of drug-likeness (QED) is 0.380. The highest BCUT2D eigenvalue weighted by Crippen LogP contribution is 2.33. The van der Waals surface area contributed by atoms with Gasteiger partial charge in [-0.25, -0.2) is 14.8 Å². The van der Waals surface area contributed by atoms with E-state index in [0.29, 0.717) is 47.2 Å². The van der Waals surface area contributed by atoms with Gasteiger partial charge in [-0.1, -0.05) is 0 Å². The van der Waals surface area contributed by atoms with Crippen LogP contribution >= 0.6 is 0 Å². The first-order chi connectivity index (χ1) is 18.6. The fourth-order valence-electron chi connectivity index (χ4n) is 4.77. The number of hydrogen-bond donors (Lipinski definition) is 1. The third kappa shape index (κ3) is 5.62. The van der Waals surface area contributed by atoms with Crippen molar-refractivity contribution in [1.29, 1.82) is 0 Å². The highest BCUT2D eigenvalue weighted by molar-refractivity contribution is 5.87. The second-order valence-electron chi connectivity index (χ2n) is 10.7. The molecule has 5 rings (SSSR count). The van der Waals surface area contributed by atoms with Crippen molar-refractivity contribution in [2.24, 2.45) is 5.92 Å². The minimum absolute atomic E-state index is 0.0969. The summed E-state index contributed by atoms with van der Waals surface area (Å²) in [4.78, 5) is 23.2. The normalized spacial score (nSPS) is 14.5. The Labute approximate surface area is 226 Å². The molecule has 0 aromatic carbocycles. The van der Waals surface area contributed by atoms with Gasteiger partial charge in [0.25, 0.3) is 5.88 Å². The van der Waals surface area contributed by atoms with Gasteiger partial charge in [-0.15, -0.1) is 0 Å². The van der Waals surface area contributed by atoms with Crippen molar-refractivity contribution in [2.75, 3.05) is 27.3 Å². The Hall–Kier alpha value is -4.28. The van der Waals surface area contributed by atoms with Gasteiger partial charge in [0.2, 0.25) is 5.88 Å². The van der Waals surface area contributed by atoms with Crippen LogP contribution in [0, 0.1) is 5.92 Å². The van der Waals surface area contributed by atoms with E-state index in [2.05, 4.69) is 10.1 Å². The molecule has 1 amide bonds. The summed E-state index contributed by atoms with van der Waals surface area (Å²) in [6.07, 6.45) is 8.62. The van der Waals surface area contributed by atoms with Gasteiger partial charge >= 0.3 is 6.09 Å². The molecule has 1 aliphatic rings. The molecular formula is C28H34N6O5. The van der Waals surface area contributed by atoms with E-state index in [9.17, 15) is 9.90 Å². The summed E-state index contributed by atoms with van der Waals surface area (Å²) in [5.41, 5.74) is 2.35. The Balaban J connectivity index is 1.28. The lowest BCUT2D eigenvalue weighted by Crippen LogP contribution is -2.42. The molecule has 206 valence electrons. The van der Waals surface area contributed by atoms with Crippen LogP contribution in [0.1, 0.15) is 33.6 Å². The lowest BCUT2D eigenvalue weighted by Gasteiger charge is -2.33. The monoisotopic (exact) mass is 534 g/mol. The Morgan fingerprint density at radius 1 is 1.10 bits per heavy atom. The van der Waals surface area contributed by atoms with Gasteiger partial charge in [0.15, 0.2) is 5.75 Å². The zero-order valence-corrected chi connectivity index (χ0v) is 22.9. The summed E-state index contributed by atoms with van der Waals surface area (Å²) in [5.74, 6) is 1.41. The Morgan fingerprint density at radius 2 is 1.87 bits per heavy atom. The van der Waals surface area contributed by atoms with E-state index in [4.69, 9.17) is 19.2 Å². The molecule has 11 heteroatoms. The number of methoxy groups -OCH3 is 2. The first-order valence-corrected chi connectivity index (χ1v) is 13.0. The van der Waals surface area contributed by atoms with Crippen LogP contribution in [0.15, 0.2) is 43.0 Å². The molecule has 5 heterocycles. The average molecular weight is 535 g/mol. The molecule has 1 N–H and O–H groups in total. The molecular weight excluding hydrogens is 500 g/mol. The summed E-state index contributed by atoms with van der Waals surface area (Å²) in [6.45, 7) is 7.70. The Bertz CT molecular complexity index is 1480. The van der Waals surface area contributed by atoms with Gasteiger partial charge in [0, 0.05) is 43.8 Å². The molecule has 0 saturated carbocycles. The standard InChI is InChI=1S/C28H34N6O5/c1-28(2,3)39-27(36)32-10-8-18(9-11-32)15-33-16-20(14-30-33)34-17-23-21(26(34)35)6-7-22(31-23)19-12-24(37-4)25(38-5)29-13-19/h6-7,12-14,16-18,35H,8-11,15H2,1-5H3. The predicted molar refractivity (Wildman–Crippen MR) is 145 cm³/mol. The van der Waals surface area contributed by atoms with Crippen molar-refractivity contribution < 1.29 is 24.1 Å². The number of carbonyl (C=O) groups is 1. The fraction of sp³-hybridized carbons (Fsp3) is 0.429. The van der Waals surface area contributed by atoms with Gasteiger partial charge in [0.05, 0.1) is 42.7 Å². The lowest BCUT2D eigenvalue weighted by molar-refractivity contribution is 0.0177. The van der Waals surface area contributed by atoms with Crippen molar-refractivity contribution >= 4 is 17.0 Å². The minimum Gasteiger partial charge on any atom is -0.494 e.